The molecule has 0 radical (unpaired) electrons. The summed E-state index contributed by atoms with van der Waals surface area (Å²) < 4.78 is 5.07. The van der Waals surface area contributed by atoms with Gasteiger partial charge in [0.05, 0.1) is 30.5 Å². The normalized spacial score (nSPS) is 9.94. The van der Waals surface area contributed by atoms with Crippen LogP contribution < -0.4 is 10.6 Å². The molecule has 0 unspecified atom stereocenters. The van der Waals surface area contributed by atoms with Crippen molar-refractivity contribution in [3.05, 3.63) is 23.8 Å². The van der Waals surface area contributed by atoms with Crippen molar-refractivity contribution < 1.29 is 4.74 Å². The molecule has 0 saturated carbocycles. The number of nitrogens with two attached hydrogens (primary N) is 1. The number of hydrogen-bond acceptors (Lipinski definition) is 4. The Morgan fingerprint density at radius 3 is 2.76 bits per heavy atom. The van der Waals surface area contributed by atoms with Crippen LogP contribution in [-0.4, -0.2) is 26.8 Å². The molecular formula is C13H19N3O. The van der Waals surface area contributed by atoms with Crippen LogP contribution in [0.2, 0.25) is 0 Å². The van der Waals surface area contributed by atoms with Crippen molar-refractivity contribution in [3.8, 4) is 6.07 Å². The Hall–Kier alpha value is -1.73. The number of ether oxygens (including phenoxy) is 1. The van der Waals surface area contributed by atoms with Gasteiger partial charge >= 0.3 is 0 Å². The Morgan fingerprint density at radius 1 is 1.41 bits per heavy atom. The van der Waals surface area contributed by atoms with Gasteiger partial charge in [0.2, 0.25) is 0 Å². The fourth-order valence-corrected chi connectivity index (χ4v) is 1.70. The lowest BCUT2D eigenvalue weighted by Gasteiger charge is -2.25. The molecule has 0 bridgehead atoms. The molecular weight excluding hydrogens is 214 g/mol. The monoisotopic (exact) mass is 233 g/mol. The SMILES string of the molecule is COCCN(CCC#N)c1ccc(C)cc1N. The molecule has 92 valence electrons. The Morgan fingerprint density at radius 2 is 2.18 bits per heavy atom. The highest BCUT2D eigenvalue weighted by molar-refractivity contribution is 5.68. The fourth-order valence-electron chi connectivity index (χ4n) is 1.70. The molecule has 17 heavy (non-hydrogen) atoms. The molecule has 1 rings (SSSR count). The van der Waals surface area contributed by atoms with Gasteiger partial charge in [0, 0.05) is 20.2 Å². The molecule has 4 nitrogen and oxygen atoms in total. The van der Waals surface area contributed by atoms with Crippen LogP contribution >= 0.6 is 0 Å². The number of benzene rings is 1. The van der Waals surface area contributed by atoms with E-state index in [4.69, 9.17) is 15.7 Å². The quantitative estimate of drug-likeness (QED) is 0.763. The van der Waals surface area contributed by atoms with Gasteiger partial charge in [-0.25, -0.2) is 0 Å². The number of rotatable bonds is 6. The van der Waals surface area contributed by atoms with Crippen molar-refractivity contribution in [2.24, 2.45) is 0 Å². The zero-order valence-electron chi connectivity index (χ0n) is 10.4. The standard InChI is InChI=1S/C13H19N3O/c1-11-4-5-13(12(15)10-11)16(7-3-6-14)8-9-17-2/h4-5,10H,3,7-9,15H2,1-2H3. The van der Waals surface area contributed by atoms with E-state index in [2.05, 4.69) is 11.0 Å². The molecule has 0 amide bonds. The second-order valence-electron chi connectivity index (χ2n) is 3.95. The van der Waals surface area contributed by atoms with Crippen molar-refractivity contribution in [2.45, 2.75) is 13.3 Å². The van der Waals surface area contributed by atoms with E-state index in [9.17, 15) is 0 Å². The van der Waals surface area contributed by atoms with Crippen LogP contribution in [0.1, 0.15) is 12.0 Å². The minimum atomic E-state index is 0.483. The van der Waals surface area contributed by atoms with Crippen LogP contribution in [0.5, 0.6) is 0 Å². The van der Waals surface area contributed by atoms with Gasteiger partial charge in [0.25, 0.3) is 0 Å². The van der Waals surface area contributed by atoms with Crippen LogP contribution in [0.25, 0.3) is 0 Å². The maximum absolute atomic E-state index is 8.66. The zero-order valence-corrected chi connectivity index (χ0v) is 10.4. The summed E-state index contributed by atoms with van der Waals surface area (Å²) in [6, 6.07) is 8.12. The minimum absolute atomic E-state index is 0.483. The van der Waals surface area contributed by atoms with E-state index >= 15 is 0 Å². The van der Waals surface area contributed by atoms with E-state index in [0.717, 1.165) is 23.5 Å². The number of aryl methyl sites for hydroxylation is 1. The van der Waals surface area contributed by atoms with E-state index in [1.807, 2.05) is 25.1 Å². The van der Waals surface area contributed by atoms with Crippen LogP contribution in [0.4, 0.5) is 11.4 Å². The molecule has 1 aromatic carbocycles. The highest BCUT2D eigenvalue weighted by atomic mass is 16.5. The molecule has 2 N–H and O–H groups in total. The number of nitrogen functional groups attached to an aromatic ring is 1. The molecule has 0 aliphatic heterocycles. The predicted octanol–water partition coefficient (Wildman–Crippen LogP) is 1.94. The van der Waals surface area contributed by atoms with Crippen LogP contribution in [-0.2, 0) is 4.74 Å². The van der Waals surface area contributed by atoms with E-state index in [-0.39, 0.29) is 0 Å². The molecule has 0 fully saturated rings. The average Bonchev–Trinajstić information content (AvgIpc) is 2.30. The number of hydrogen-bond donors (Lipinski definition) is 1. The third kappa shape index (κ3) is 3.97. The average molecular weight is 233 g/mol. The predicted molar refractivity (Wildman–Crippen MR) is 69.9 cm³/mol. The third-order valence-corrected chi connectivity index (χ3v) is 2.58. The van der Waals surface area contributed by atoms with Crippen molar-refractivity contribution in [3.63, 3.8) is 0 Å². The summed E-state index contributed by atoms with van der Waals surface area (Å²) in [4.78, 5) is 2.08. The second kappa shape index (κ2) is 6.77. The van der Waals surface area contributed by atoms with E-state index in [0.29, 0.717) is 19.6 Å². The topological polar surface area (TPSA) is 62.3 Å². The maximum Gasteiger partial charge on any atom is 0.0640 e. The second-order valence-corrected chi connectivity index (χ2v) is 3.95. The van der Waals surface area contributed by atoms with Gasteiger partial charge in [-0.05, 0) is 24.6 Å². The molecule has 0 spiro atoms. The summed E-state index contributed by atoms with van der Waals surface area (Å²) in [5, 5.41) is 8.66. The summed E-state index contributed by atoms with van der Waals surface area (Å²) in [6.45, 7) is 4.05. The largest absolute Gasteiger partial charge is 0.397 e. The smallest absolute Gasteiger partial charge is 0.0640 e. The lowest BCUT2D eigenvalue weighted by Crippen LogP contribution is -2.28. The van der Waals surface area contributed by atoms with Gasteiger partial charge < -0.3 is 15.4 Å². The number of anilines is 2. The highest BCUT2D eigenvalue weighted by Gasteiger charge is 2.09. The first-order valence-corrected chi connectivity index (χ1v) is 5.66. The van der Waals surface area contributed by atoms with Crippen molar-refractivity contribution in [2.75, 3.05) is 37.4 Å². The molecule has 0 atom stereocenters. The number of nitriles is 1. The van der Waals surface area contributed by atoms with E-state index in [1.54, 1.807) is 7.11 Å². The number of methoxy groups -OCH3 is 1. The Kier molecular flexibility index (Phi) is 5.31. The fraction of sp³-hybridized carbons (Fsp3) is 0.462. The maximum atomic E-state index is 8.66. The molecule has 0 aliphatic rings. The Labute approximate surface area is 103 Å². The first-order valence-electron chi connectivity index (χ1n) is 5.66. The van der Waals surface area contributed by atoms with Crippen LogP contribution in [0.3, 0.4) is 0 Å². The third-order valence-electron chi connectivity index (χ3n) is 2.58. The summed E-state index contributed by atoms with van der Waals surface area (Å²) >= 11 is 0. The molecule has 0 aromatic heterocycles. The van der Waals surface area contributed by atoms with Gasteiger partial charge in [0.1, 0.15) is 0 Å². The van der Waals surface area contributed by atoms with Crippen LogP contribution in [0, 0.1) is 18.3 Å². The Balaban J connectivity index is 2.83. The van der Waals surface area contributed by atoms with Crippen molar-refractivity contribution >= 4 is 11.4 Å². The van der Waals surface area contributed by atoms with Gasteiger partial charge in [0.15, 0.2) is 0 Å². The van der Waals surface area contributed by atoms with E-state index in [1.165, 1.54) is 0 Å². The Bertz CT molecular complexity index is 398. The highest BCUT2D eigenvalue weighted by Crippen LogP contribution is 2.24. The molecule has 1 aromatic rings. The van der Waals surface area contributed by atoms with Gasteiger partial charge in [-0.15, -0.1) is 0 Å². The van der Waals surface area contributed by atoms with Gasteiger partial charge in [-0.1, -0.05) is 6.07 Å². The summed E-state index contributed by atoms with van der Waals surface area (Å²) in [6.07, 6.45) is 0.483. The summed E-state index contributed by atoms with van der Waals surface area (Å²) in [5.41, 5.74) is 8.86. The molecule has 0 saturated heterocycles. The molecule has 0 heterocycles. The van der Waals surface area contributed by atoms with Crippen molar-refractivity contribution in [1.29, 1.82) is 5.26 Å². The van der Waals surface area contributed by atoms with Gasteiger partial charge in [-0.3, -0.25) is 0 Å². The lowest BCUT2D eigenvalue weighted by atomic mass is 10.1. The van der Waals surface area contributed by atoms with E-state index < -0.39 is 0 Å². The first kappa shape index (κ1) is 13.3. The van der Waals surface area contributed by atoms with Gasteiger partial charge in [-0.2, -0.15) is 5.26 Å². The zero-order chi connectivity index (χ0) is 12.7. The first-order chi connectivity index (χ1) is 8.19. The summed E-state index contributed by atoms with van der Waals surface area (Å²) in [7, 11) is 1.67. The molecule has 0 aliphatic carbocycles. The summed E-state index contributed by atoms with van der Waals surface area (Å²) in [5.74, 6) is 0. The number of nitrogens with zero attached hydrogens (tertiary/aromatic N) is 2. The van der Waals surface area contributed by atoms with Crippen molar-refractivity contribution in [1.82, 2.24) is 0 Å². The minimum Gasteiger partial charge on any atom is -0.397 e. The lowest BCUT2D eigenvalue weighted by molar-refractivity contribution is 0.205. The van der Waals surface area contributed by atoms with Crippen LogP contribution in [0.15, 0.2) is 18.2 Å². The molecule has 4 heteroatoms.